The topological polar surface area (TPSA) is 26.0 Å². The maximum absolute atomic E-state index is 6.01. The van der Waals surface area contributed by atoms with Crippen LogP contribution in [0.4, 0.5) is 0 Å². The minimum Gasteiger partial charge on any atom is -0.326 e. The van der Waals surface area contributed by atoms with Gasteiger partial charge in [-0.05, 0) is 41.0 Å². The van der Waals surface area contributed by atoms with E-state index in [1.165, 1.54) is 0 Å². The molecule has 0 unspecified atom stereocenters. The zero-order valence-corrected chi connectivity index (χ0v) is 11.2. The summed E-state index contributed by atoms with van der Waals surface area (Å²) in [4.78, 5) is 0. The van der Waals surface area contributed by atoms with E-state index in [0.717, 1.165) is 16.7 Å². The molecule has 0 bridgehead atoms. The fourth-order valence-corrected chi connectivity index (χ4v) is 2.08. The van der Waals surface area contributed by atoms with Gasteiger partial charge < -0.3 is 5.73 Å². The third-order valence-corrected chi connectivity index (χ3v) is 3.63. The molecule has 0 atom stereocenters. The van der Waals surface area contributed by atoms with Crippen molar-refractivity contribution >= 4 is 34.8 Å². The molecule has 2 rings (SSSR count). The van der Waals surface area contributed by atoms with Gasteiger partial charge in [-0.25, -0.2) is 0 Å². The maximum atomic E-state index is 6.01. The average molecular weight is 287 g/mol. The Hall–Kier alpha value is -0.730. The van der Waals surface area contributed by atoms with Gasteiger partial charge in [0.1, 0.15) is 0 Å². The average Bonchev–Trinajstić information content (AvgIpc) is 2.33. The van der Waals surface area contributed by atoms with Crippen LogP contribution in [-0.2, 0) is 6.54 Å². The molecule has 0 aliphatic carbocycles. The van der Waals surface area contributed by atoms with Crippen LogP contribution in [-0.4, -0.2) is 0 Å². The smallest absolute Gasteiger partial charge is 0.0598 e. The Labute approximate surface area is 115 Å². The van der Waals surface area contributed by atoms with Crippen molar-refractivity contribution in [2.45, 2.75) is 6.54 Å². The van der Waals surface area contributed by atoms with E-state index in [1.807, 2.05) is 30.3 Å². The molecule has 2 aromatic rings. The van der Waals surface area contributed by atoms with E-state index in [1.54, 1.807) is 6.07 Å². The second-order valence-corrected chi connectivity index (χ2v) is 4.86. The van der Waals surface area contributed by atoms with Gasteiger partial charge in [-0.15, -0.1) is 0 Å². The van der Waals surface area contributed by atoms with Crippen molar-refractivity contribution in [1.82, 2.24) is 0 Å². The van der Waals surface area contributed by atoms with Gasteiger partial charge in [-0.3, -0.25) is 0 Å². The summed E-state index contributed by atoms with van der Waals surface area (Å²) in [5.74, 6) is 0. The fourth-order valence-electron chi connectivity index (χ4n) is 1.59. The van der Waals surface area contributed by atoms with E-state index in [4.69, 9.17) is 40.5 Å². The molecule has 0 amide bonds. The Kier molecular flexibility index (Phi) is 3.95. The highest BCUT2D eigenvalue weighted by Crippen LogP contribution is 2.30. The third kappa shape index (κ3) is 2.75. The van der Waals surface area contributed by atoms with Crippen LogP contribution >= 0.6 is 34.8 Å². The predicted octanol–water partition coefficient (Wildman–Crippen LogP) is 4.77. The standard InChI is InChI=1S/C13H10Cl3N/c14-11-3-1-8(5-10(11)7-17)9-2-4-12(15)13(16)6-9/h1-6H,7,17H2. The van der Waals surface area contributed by atoms with Crippen molar-refractivity contribution in [2.24, 2.45) is 5.73 Å². The van der Waals surface area contributed by atoms with Gasteiger partial charge in [0.05, 0.1) is 10.0 Å². The van der Waals surface area contributed by atoms with Crippen LogP contribution < -0.4 is 5.73 Å². The lowest BCUT2D eigenvalue weighted by Crippen LogP contribution is -1.97. The van der Waals surface area contributed by atoms with E-state index >= 15 is 0 Å². The van der Waals surface area contributed by atoms with E-state index < -0.39 is 0 Å². The first-order valence-corrected chi connectivity index (χ1v) is 6.19. The van der Waals surface area contributed by atoms with Gasteiger partial charge in [-0.1, -0.05) is 46.9 Å². The Morgan fingerprint density at radius 2 is 1.35 bits per heavy atom. The van der Waals surface area contributed by atoms with Crippen molar-refractivity contribution in [1.29, 1.82) is 0 Å². The van der Waals surface area contributed by atoms with Crippen LogP contribution in [0.2, 0.25) is 15.1 Å². The molecule has 1 nitrogen and oxygen atoms in total. The molecule has 0 aromatic heterocycles. The maximum Gasteiger partial charge on any atom is 0.0598 e. The summed E-state index contributed by atoms with van der Waals surface area (Å²) in [5, 5.41) is 1.76. The lowest BCUT2D eigenvalue weighted by Gasteiger charge is -2.07. The molecule has 4 heteroatoms. The number of hydrogen-bond donors (Lipinski definition) is 1. The van der Waals surface area contributed by atoms with Gasteiger partial charge in [0.2, 0.25) is 0 Å². The van der Waals surface area contributed by atoms with Crippen LogP contribution in [0.5, 0.6) is 0 Å². The van der Waals surface area contributed by atoms with Crippen molar-refractivity contribution in [2.75, 3.05) is 0 Å². The normalized spacial score (nSPS) is 10.6. The summed E-state index contributed by atoms with van der Waals surface area (Å²) in [6.45, 7) is 0.411. The second kappa shape index (κ2) is 5.28. The summed E-state index contributed by atoms with van der Waals surface area (Å²) in [7, 11) is 0. The van der Waals surface area contributed by atoms with Gasteiger partial charge in [0.25, 0.3) is 0 Å². The van der Waals surface area contributed by atoms with Crippen molar-refractivity contribution < 1.29 is 0 Å². The fraction of sp³-hybridized carbons (Fsp3) is 0.0769. The first-order valence-electron chi connectivity index (χ1n) is 5.05. The van der Waals surface area contributed by atoms with Crippen LogP contribution in [0.3, 0.4) is 0 Å². The number of halogens is 3. The van der Waals surface area contributed by atoms with Crippen LogP contribution in [0.25, 0.3) is 11.1 Å². The van der Waals surface area contributed by atoms with Gasteiger partial charge in [0.15, 0.2) is 0 Å². The molecule has 0 fully saturated rings. The quantitative estimate of drug-likeness (QED) is 0.845. The molecule has 0 radical (unpaired) electrons. The number of rotatable bonds is 2. The van der Waals surface area contributed by atoms with Crippen LogP contribution in [0, 0.1) is 0 Å². The summed E-state index contributed by atoms with van der Waals surface area (Å²) in [6.07, 6.45) is 0. The zero-order chi connectivity index (χ0) is 12.4. The lowest BCUT2D eigenvalue weighted by atomic mass is 10.0. The van der Waals surface area contributed by atoms with Gasteiger partial charge >= 0.3 is 0 Å². The first-order chi connectivity index (χ1) is 8.11. The molecule has 88 valence electrons. The molecule has 0 heterocycles. The Bertz CT molecular complexity index is 552. The number of hydrogen-bond acceptors (Lipinski definition) is 1. The molecule has 0 saturated carbocycles. The Morgan fingerprint density at radius 3 is 1.94 bits per heavy atom. The van der Waals surface area contributed by atoms with Crippen molar-refractivity contribution in [3.8, 4) is 11.1 Å². The van der Waals surface area contributed by atoms with E-state index in [-0.39, 0.29) is 0 Å². The highest BCUT2D eigenvalue weighted by molar-refractivity contribution is 6.42. The summed E-state index contributed by atoms with van der Waals surface area (Å²) < 4.78 is 0. The van der Waals surface area contributed by atoms with Crippen molar-refractivity contribution in [3.05, 3.63) is 57.0 Å². The highest BCUT2D eigenvalue weighted by Gasteiger charge is 2.05. The SMILES string of the molecule is NCc1cc(-c2ccc(Cl)c(Cl)c2)ccc1Cl. The number of nitrogens with two attached hydrogens (primary N) is 1. The summed E-state index contributed by atoms with van der Waals surface area (Å²) in [5.41, 5.74) is 8.55. The van der Waals surface area contributed by atoms with E-state index in [2.05, 4.69) is 0 Å². The van der Waals surface area contributed by atoms with Crippen LogP contribution in [0.1, 0.15) is 5.56 Å². The Balaban J connectivity index is 2.49. The summed E-state index contributed by atoms with van der Waals surface area (Å²) >= 11 is 17.9. The minimum atomic E-state index is 0.411. The molecule has 0 saturated heterocycles. The molecule has 0 spiro atoms. The first kappa shape index (κ1) is 12.7. The number of benzene rings is 2. The van der Waals surface area contributed by atoms with E-state index in [0.29, 0.717) is 21.6 Å². The van der Waals surface area contributed by atoms with Gasteiger partial charge in [-0.2, -0.15) is 0 Å². The molecule has 0 aliphatic heterocycles. The highest BCUT2D eigenvalue weighted by atomic mass is 35.5. The molecule has 2 aromatic carbocycles. The molecule has 17 heavy (non-hydrogen) atoms. The Morgan fingerprint density at radius 1 is 0.765 bits per heavy atom. The van der Waals surface area contributed by atoms with E-state index in [9.17, 15) is 0 Å². The summed E-state index contributed by atoms with van der Waals surface area (Å²) in [6, 6.07) is 11.2. The molecule has 0 aliphatic rings. The minimum absolute atomic E-state index is 0.411. The predicted molar refractivity (Wildman–Crippen MR) is 74.8 cm³/mol. The molecular weight excluding hydrogens is 277 g/mol. The lowest BCUT2D eigenvalue weighted by molar-refractivity contribution is 1.07. The van der Waals surface area contributed by atoms with Crippen LogP contribution in [0.15, 0.2) is 36.4 Å². The van der Waals surface area contributed by atoms with Gasteiger partial charge in [0, 0.05) is 11.6 Å². The van der Waals surface area contributed by atoms with Crippen molar-refractivity contribution in [3.63, 3.8) is 0 Å². The largest absolute Gasteiger partial charge is 0.326 e. The molecular formula is C13H10Cl3N. The monoisotopic (exact) mass is 285 g/mol. The molecule has 2 N–H and O–H groups in total. The third-order valence-electron chi connectivity index (χ3n) is 2.52. The second-order valence-electron chi connectivity index (χ2n) is 3.64. The zero-order valence-electron chi connectivity index (χ0n) is 8.88.